The number of aryl methyl sites for hydroxylation is 1. The van der Waals surface area contributed by atoms with Gasteiger partial charge in [-0.05, 0) is 23.8 Å². The molecule has 0 spiro atoms. The van der Waals surface area contributed by atoms with Gasteiger partial charge in [-0.15, -0.1) is 0 Å². The Hall–Kier alpha value is -4.41. The molecule has 0 aliphatic rings. The summed E-state index contributed by atoms with van der Waals surface area (Å²) in [5, 5.41) is 21.3. The Bertz CT molecular complexity index is 1290. The summed E-state index contributed by atoms with van der Waals surface area (Å²) in [4.78, 5) is 28.3. The molecule has 0 unspecified atom stereocenters. The smallest absolute Gasteiger partial charge is 0.273 e. The number of carbonyl (C=O) groups is 1. The maximum absolute atomic E-state index is 13.2. The van der Waals surface area contributed by atoms with Gasteiger partial charge in [-0.2, -0.15) is 5.10 Å². The number of imidazole rings is 1. The number of aromatic nitrogens is 4. The average molecular weight is 436 g/mol. The fourth-order valence-electron chi connectivity index (χ4n) is 3.44. The third-order valence-corrected chi connectivity index (χ3v) is 5.07. The molecule has 1 amide bonds. The fraction of sp³-hybridized carbons (Fsp3) is 0.190. The second-order valence-electron chi connectivity index (χ2n) is 7.01. The molecule has 2 aromatic heterocycles. The summed E-state index contributed by atoms with van der Waals surface area (Å²) in [5.41, 5.74) is 1.09. The monoisotopic (exact) mass is 436 g/mol. The average Bonchev–Trinajstić information content (AvgIpc) is 3.42. The highest BCUT2D eigenvalue weighted by Crippen LogP contribution is 2.30. The Morgan fingerprint density at radius 1 is 1.19 bits per heavy atom. The molecule has 164 valence electrons. The van der Waals surface area contributed by atoms with Crippen molar-refractivity contribution in [2.24, 2.45) is 7.05 Å². The lowest BCUT2D eigenvalue weighted by atomic mass is 10.0. The van der Waals surface area contributed by atoms with E-state index in [0.29, 0.717) is 33.8 Å². The van der Waals surface area contributed by atoms with Gasteiger partial charge in [0.25, 0.3) is 11.6 Å². The molecule has 0 saturated carbocycles. The van der Waals surface area contributed by atoms with Gasteiger partial charge >= 0.3 is 0 Å². The number of hydrogen-bond acceptors (Lipinski definition) is 7. The number of methoxy groups -OCH3 is 2. The number of nitrogens with zero attached hydrogens (tertiary/aromatic N) is 4. The van der Waals surface area contributed by atoms with Crippen LogP contribution in [-0.2, 0) is 7.05 Å². The lowest BCUT2D eigenvalue weighted by molar-refractivity contribution is -0.384. The number of nitro groups is 1. The zero-order valence-corrected chi connectivity index (χ0v) is 17.5. The molecule has 4 rings (SSSR count). The molecular weight excluding hydrogens is 416 g/mol. The molecule has 2 heterocycles. The molecule has 11 nitrogen and oxygen atoms in total. The molecule has 2 aromatic carbocycles. The summed E-state index contributed by atoms with van der Waals surface area (Å²) in [7, 11) is 4.89. The van der Waals surface area contributed by atoms with Crippen LogP contribution in [0, 0.1) is 10.1 Å². The number of hydrogen-bond donors (Lipinski definition) is 2. The summed E-state index contributed by atoms with van der Waals surface area (Å²) in [6.45, 7) is 0. The van der Waals surface area contributed by atoms with E-state index in [1.165, 1.54) is 32.4 Å². The summed E-state index contributed by atoms with van der Waals surface area (Å²) < 4.78 is 12.5. The number of rotatable bonds is 7. The van der Waals surface area contributed by atoms with Crippen LogP contribution < -0.4 is 14.8 Å². The maximum atomic E-state index is 13.2. The van der Waals surface area contributed by atoms with Gasteiger partial charge < -0.3 is 19.4 Å². The third kappa shape index (κ3) is 3.83. The van der Waals surface area contributed by atoms with Gasteiger partial charge in [0, 0.05) is 43.0 Å². The van der Waals surface area contributed by atoms with Crippen molar-refractivity contribution in [3.05, 3.63) is 76.0 Å². The van der Waals surface area contributed by atoms with Crippen molar-refractivity contribution in [1.82, 2.24) is 25.1 Å². The van der Waals surface area contributed by atoms with E-state index in [4.69, 9.17) is 9.47 Å². The predicted octanol–water partition coefficient (Wildman–Crippen LogP) is 2.74. The minimum Gasteiger partial charge on any atom is -0.497 e. The molecule has 0 fully saturated rings. The molecule has 2 N–H and O–H groups in total. The van der Waals surface area contributed by atoms with Crippen LogP contribution in [0.4, 0.5) is 5.69 Å². The number of carbonyl (C=O) groups excluding carboxylic acids is 1. The van der Waals surface area contributed by atoms with Gasteiger partial charge in [0.15, 0.2) is 5.69 Å². The molecule has 1 atom stereocenters. The zero-order chi connectivity index (χ0) is 22.8. The largest absolute Gasteiger partial charge is 0.497 e. The van der Waals surface area contributed by atoms with E-state index in [1.807, 2.05) is 7.05 Å². The van der Waals surface area contributed by atoms with Gasteiger partial charge in [0.2, 0.25) is 0 Å². The molecule has 0 bridgehead atoms. The number of aromatic amines is 1. The summed E-state index contributed by atoms with van der Waals surface area (Å²) in [6, 6.07) is 8.78. The van der Waals surface area contributed by atoms with Crippen LogP contribution in [0.3, 0.4) is 0 Å². The van der Waals surface area contributed by atoms with Crippen molar-refractivity contribution in [2.75, 3.05) is 14.2 Å². The van der Waals surface area contributed by atoms with E-state index >= 15 is 0 Å². The Labute approximate surface area is 182 Å². The third-order valence-electron chi connectivity index (χ3n) is 5.07. The number of benzene rings is 2. The van der Waals surface area contributed by atoms with Gasteiger partial charge in [-0.1, -0.05) is 0 Å². The quantitative estimate of drug-likeness (QED) is 0.336. The number of fused-ring (bicyclic) bond motifs is 1. The van der Waals surface area contributed by atoms with E-state index in [0.717, 1.165) is 0 Å². The number of H-pyrrole nitrogens is 1. The van der Waals surface area contributed by atoms with Crippen LogP contribution in [0.15, 0.2) is 48.8 Å². The number of ether oxygens (including phenoxy) is 2. The Morgan fingerprint density at radius 3 is 2.50 bits per heavy atom. The van der Waals surface area contributed by atoms with Gasteiger partial charge in [-0.25, -0.2) is 4.98 Å². The van der Waals surface area contributed by atoms with Gasteiger partial charge in [0.1, 0.15) is 23.4 Å². The molecule has 0 aliphatic carbocycles. The van der Waals surface area contributed by atoms with Crippen LogP contribution >= 0.6 is 0 Å². The number of amides is 1. The molecule has 0 radical (unpaired) electrons. The zero-order valence-electron chi connectivity index (χ0n) is 17.5. The topological polar surface area (TPSA) is 137 Å². The lowest BCUT2D eigenvalue weighted by Gasteiger charge is -2.20. The van der Waals surface area contributed by atoms with Crippen LogP contribution in [0.2, 0.25) is 0 Å². The Balaban J connectivity index is 1.77. The number of nitro benzene ring substituents is 1. The first kappa shape index (κ1) is 20.8. The number of nitrogens with one attached hydrogen (secondary N) is 2. The molecule has 0 saturated heterocycles. The van der Waals surface area contributed by atoms with Crippen molar-refractivity contribution in [1.29, 1.82) is 0 Å². The normalized spacial score (nSPS) is 11.8. The van der Waals surface area contributed by atoms with E-state index in [-0.39, 0.29) is 11.4 Å². The summed E-state index contributed by atoms with van der Waals surface area (Å²) in [6.07, 6.45) is 3.39. The first-order chi connectivity index (χ1) is 15.4. The highest BCUT2D eigenvalue weighted by molar-refractivity contribution is 6.05. The second kappa shape index (κ2) is 8.38. The van der Waals surface area contributed by atoms with Crippen LogP contribution in [0.25, 0.3) is 10.9 Å². The van der Waals surface area contributed by atoms with Crippen LogP contribution in [0.5, 0.6) is 11.5 Å². The first-order valence-electron chi connectivity index (χ1n) is 9.55. The Kier molecular flexibility index (Phi) is 5.46. The van der Waals surface area contributed by atoms with E-state index < -0.39 is 16.9 Å². The maximum Gasteiger partial charge on any atom is 0.273 e. The predicted molar refractivity (Wildman–Crippen MR) is 115 cm³/mol. The SMILES string of the molecule is COc1cc(OC)cc([C@H](NC(=O)c2n[nH]c3ccc([N+](=O)[O-])cc23)c2nccn2C)c1. The molecule has 4 aromatic rings. The summed E-state index contributed by atoms with van der Waals surface area (Å²) >= 11 is 0. The molecular formula is C21H20N6O5. The molecule has 0 aliphatic heterocycles. The van der Waals surface area contributed by atoms with Crippen molar-refractivity contribution < 1.29 is 19.2 Å². The number of non-ortho nitro benzene ring substituents is 1. The van der Waals surface area contributed by atoms with Crippen molar-refractivity contribution in [3.63, 3.8) is 0 Å². The molecule has 32 heavy (non-hydrogen) atoms. The van der Waals surface area contributed by atoms with E-state index in [2.05, 4.69) is 20.5 Å². The summed E-state index contributed by atoms with van der Waals surface area (Å²) in [5.74, 6) is 1.15. The van der Waals surface area contributed by atoms with Gasteiger partial charge in [0.05, 0.1) is 24.7 Å². The van der Waals surface area contributed by atoms with Crippen LogP contribution in [0.1, 0.15) is 27.9 Å². The van der Waals surface area contributed by atoms with Gasteiger partial charge in [-0.3, -0.25) is 20.0 Å². The van der Waals surface area contributed by atoms with Crippen molar-refractivity contribution in [3.8, 4) is 11.5 Å². The fourth-order valence-corrected chi connectivity index (χ4v) is 3.44. The minimum atomic E-state index is -0.669. The standard InChI is InChI=1S/C21H20N6O5/c1-26-7-6-22-20(26)18(12-8-14(31-2)11-15(9-12)32-3)23-21(28)19-16-10-13(27(29)30)4-5-17(16)24-25-19/h4-11,18H,1-3H3,(H,23,28)(H,24,25)/t18-/m0/s1. The Morgan fingerprint density at radius 2 is 1.91 bits per heavy atom. The highest BCUT2D eigenvalue weighted by atomic mass is 16.6. The van der Waals surface area contributed by atoms with Crippen LogP contribution in [-0.4, -0.2) is 44.8 Å². The minimum absolute atomic E-state index is 0.0396. The highest BCUT2D eigenvalue weighted by Gasteiger charge is 2.25. The second-order valence-corrected chi connectivity index (χ2v) is 7.01. The first-order valence-corrected chi connectivity index (χ1v) is 9.55. The van der Waals surface area contributed by atoms with Crippen molar-refractivity contribution in [2.45, 2.75) is 6.04 Å². The van der Waals surface area contributed by atoms with Crippen molar-refractivity contribution >= 4 is 22.5 Å². The van der Waals surface area contributed by atoms with E-state index in [9.17, 15) is 14.9 Å². The molecule has 11 heteroatoms. The lowest BCUT2D eigenvalue weighted by Crippen LogP contribution is -2.31. The van der Waals surface area contributed by atoms with E-state index in [1.54, 1.807) is 35.2 Å².